The highest BCUT2D eigenvalue weighted by molar-refractivity contribution is 9.10. The predicted octanol–water partition coefficient (Wildman–Crippen LogP) is 4.09. The summed E-state index contributed by atoms with van der Waals surface area (Å²) in [5.74, 6) is 0.890. The van der Waals surface area contributed by atoms with Crippen LogP contribution >= 0.6 is 15.9 Å². The summed E-state index contributed by atoms with van der Waals surface area (Å²) >= 11 is 3.48. The molecule has 0 aromatic heterocycles. The van der Waals surface area contributed by atoms with Crippen LogP contribution in [0.25, 0.3) is 0 Å². The first-order valence-corrected chi connectivity index (χ1v) is 7.21. The molecule has 2 aromatic carbocycles. The fourth-order valence-corrected chi connectivity index (χ4v) is 2.46. The molecule has 0 aliphatic heterocycles. The summed E-state index contributed by atoms with van der Waals surface area (Å²) in [4.78, 5) is 0. The minimum Gasteiger partial charge on any atom is -0.494 e. The molecule has 0 aliphatic carbocycles. The smallest absolute Gasteiger partial charge is 0.119 e. The van der Waals surface area contributed by atoms with Crippen LogP contribution < -0.4 is 10.5 Å². The molecule has 0 fully saturated rings. The molecule has 2 rings (SSSR count). The molecule has 0 radical (unpaired) electrons. The number of rotatable bonds is 5. The number of benzene rings is 2. The van der Waals surface area contributed by atoms with E-state index in [1.807, 2.05) is 43.3 Å². The van der Waals surface area contributed by atoms with Crippen LogP contribution in [0, 0.1) is 0 Å². The van der Waals surface area contributed by atoms with E-state index >= 15 is 0 Å². The Morgan fingerprint density at radius 1 is 1.16 bits per heavy atom. The van der Waals surface area contributed by atoms with Gasteiger partial charge < -0.3 is 10.5 Å². The van der Waals surface area contributed by atoms with Crippen molar-refractivity contribution in [2.75, 3.05) is 6.61 Å². The summed E-state index contributed by atoms with van der Waals surface area (Å²) in [6.45, 7) is 2.66. The average molecular weight is 320 g/mol. The fraction of sp³-hybridized carbons (Fsp3) is 0.250. The lowest BCUT2D eigenvalue weighted by Gasteiger charge is -2.13. The van der Waals surface area contributed by atoms with Gasteiger partial charge in [0.1, 0.15) is 5.75 Å². The van der Waals surface area contributed by atoms with E-state index in [0.29, 0.717) is 6.61 Å². The summed E-state index contributed by atoms with van der Waals surface area (Å²) in [6.07, 6.45) is 0.827. The molecule has 0 aliphatic rings. The second kappa shape index (κ2) is 6.73. The van der Waals surface area contributed by atoms with E-state index < -0.39 is 0 Å². The van der Waals surface area contributed by atoms with E-state index in [0.717, 1.165) is 22.2 Å². The number of hydrogen-bond acceptors (Lipinski definition) is 2. The molecule has 1 atom stereocenters. The molecule has 0 heterocycles. The second-order valence-electron chi connectivity index (χ2n) is 4.44. The van der Waals surface area contributed by atoms with Gasteiger partial charge in [-0.1, -0.05) is 40.2 Å². The topological polar surface area (TPSA) is 35.2 Å². The van der Waals surface area contributed by atoms with Crippen LogP contribution in [-0.2, 0) is 6.42 Å². The summed E-state index contributed by atoms with van der Waals surface area (Å²) in [6, 6.07) is 16.3. The normalized spacial score (nSPS) is 12.2. The van der Waals surface area contributed by atoms with Gasteiger partial charge in [-0.2, -0.15) is 0 Å². The Morgan fingerprint density at radius 3 is 2.53 bits per heavy atom. The van der Waals surface area contributed by atoms with Crippen molar-refractivity contribution in [2.45, 2.75) is 19.4 Å². The molecule has 2 aromatic rings. The van der Waals surface area contributed by atoms with Crippen LogP contribution in [0.3, 0.4) is 0 Å². The number of nitrogens with two attached hydrogens (primary N) is 1. The Morgan fingerprint density at radius 2 is 1.89 bits per heavy atom. The molecule has 1 unspecified atom stereocenters. The van der Waals surface area contributed by atoms with Crippen LogP contribution in [0.2, 0.25) is 0 Å². The Labute approximate surface area is 122 Å². The average Bonchev–Trinajstić information content (AvgIpc) is 2.40. The van der Waals surface area contributed by atoms with Gasteiger partial charge >= 0.3 is 0 Å². The summed E-state index contributed by atoms with van der Waals surface area (Å²) in [7, 11) is 0. The lowest BCUT2D eigenvalue weighted by Crippen LogP contribution is -2.13. The van der Waals surface area contributed by atoms with Gasteiger partial charge in [0.2, 0.25) is 0 Å². The molecule has 19 heavy (non-hydrogen) atoms. The molecule has 0 saturated carbocycles. The third-order valence-electron chi connectivity index (χ3n) is 2.96. The lowest BCUT2D eigenvalue weighted by atomic mass is 10.00. The Hall–Kier alpha value is -1.32. The molecule has 2 N–H and O–H groups in total. The third-order valence-corrected chi connectivity index (χ3v) is 3.46. The third kappa shape index (κ3) is 4.08. The minimum atomic E-state index is 0.00461. The number of ether oxygens (including phenoxy) is 1. The molecule has 2 nitrogen and oxygen atoms in total. The predicted molar refractivity (Wildman–Crippen MR) is 82.4 cm³/mol. The van der Waals surface area contributed by atoms with Crippen LogP contribution in [0.1, 0.15) is 24.1 Å². The number of halogens is 1. The summed E-state index contributed by atoms with van der Waals surface area (Å²) in [5, 5.41) is 0. The molecule has 0 amide bonds. The van der Waals surface area contributed by atoms with Crippen molar-refractivity contribution >= 4 is 15.9 Å². The van der Waals surface area contributed by atoms with E-state index in [9.17, 15) is 0 Å². The maximum Gasteiger partial charge on any atom is 0.119 e. The van der Waals surface area contributed by atoms with Gasteiger partial charge in [0.05, 0.1) is 6.61 Å². The van der Waals surface area contributed by atoms with Gasteiger partial charge in [-0.3, -0.25) is 0 Å². The van der Waals surface area contributed by atoms with E-state index in [-0.39, 0.29) is 6.04 Å². The van der Waals surface area contributed by atoms with Crippen molar-refractivity contribution in [3.63, 3.8) is 0 Å². The Bertz CT molecular complexity index is 525. The highest BCUT2D eigenvalue weighted by Gasteiger charge is 2.07. The highest BCUT2D eigenvalue weighted by atomic mass is 79.9. The fourth-order valence-electron chi connectivity index (χ4n) is 2.01. The summed E-state index contributed by atoms with van der Waals surface area (Å²) in [5.41, 5.74) is 8.61. The van der Waals surface area contributed by atoms with Crippen molar-refractivity contribution in [1.82, 2.24) is 0 Å². The SMILES string of the molecule is CCOc1ccc(C(N)Cc2cccc(Br)c2)cc1. The molecule has 100 valence electrons. The zero-order chi connectivity index (χ0) is 13.7. The second-order valence-corrected chi connectivity index (χ2v) is 5.36. The highest BCUT2D eigenvalue weighted by Crippen LogP contribution is 2.21. The van der Waals surface area contributed by atoms with Crippen LogP contribution in [0.15, 0.2) is 53.0 Å². The first-order chi connectivity index (χ1) is 9.19. The molecule has 0 saturated heterocycles. The zero-order valence-electron chi connectivity index (χ0n) is 11.0. The lowest BCUT2D eigenvalue weighted by molar-refractivity contribution is 0.340. The van der Waals surface area contributed by atoms with Gasteiger partial charge in [-0.15, -0.1) is 0 Å². The van der Waals surface area contributed by atoms with Crippen molar-refractivity contribution in [2.24, 2.45) is 5.73 Å². The maximum atomic E-state index is 6.25. The van der Waals surface area contributed by atoms with Gasteiger partial charge in [0.15, 0.2) is 0 Å². The maximum absolute atomic E-state index is 6.25. The van der Waals surface area contributed by atoms with Crippen LogP contribution in [0.5, 0.6) is 5.75 Å². The first-order valence-electron chi connectivity index (χ1n) is 6.42. The van der Waals surface area contributed by atoms with Gasteiger partial charge in [-0.25, -0.2) is 0 Å². The van der Waals surface area contributed by atoms with E-state index in [2.05, 4.69) is 28.1 Å². The summed E-state index contributed by atoms with van der Waals surface area (Å²) < 4.78 is 6.51. The van der Waals surface area contributed by atoms with Crippen molar-refractivity contribution in [3.05, 3.63) is 64.1 Å². The zero-order valence-corrected chi connectivity index (χ0v) is 12.6. The largest absolute Gasteiger partial charge is 0.494 e. The van der Waals surface area contributed by atoms with Crippen LogP contribution in [-0.4, -0.2) is 6.61 Å². The molecular weight excluding hydrogens is 302 g/mol. The molecular formula is C16H18BrNO. The monoisotopic (exact) mass is 319 g/mol. The molecule has 3 heteroatoms. The van der Waals surface area contributed by atoms with Crippen molar-refractivity contribution in [3.8, 4) is 5.75 Å². The Kier molecular flexibility index (Phi) is 5.00. The van der Waals surface area contributed by atoms with Gasteiger partial charge in [0, 0.05) is 10.5 Å². The van der Waals surface area contributed by atoms with Crippen molar-refractivity contribution in [1.29, 1.82) is 0 Å². The van der Waals surface area contributed by atoms with E-state index in [1.165, 1.54) is 5.56 Å². The first kappa shape index (κ1) is 14.1. The van der Waals surface area contributed by atoms with Gasteiger partial charge in [0.25, 0.3) is 0 Å². The van der Waals surface area contributed by atoms with E-state index in [4.69, 9.17) is 10.5 Å². The van der Waals surface area contributed by atoms with Crippen molar-refractivity contribution < 1.29 is 4.74 Å². The number of hydrogen-bond donors (Lipinski definition) is 1. The Balaban J connectivity index is 2.05. The standard InChI is InChI=1S/C16H18BrNO/c1-2-19-15-8-6-13(7-9-15)16(18)11-12-4-3-5-14(17)10-12/h3-10,16H,2,11,18H2,1H3. The molecule has 0 spiro atoms. The molecule has 0 bridgehead atoms. The van der Waals surface area contributed by atoms with Gasteiger partial charge in [-0.05, 0) is 48.7 Å². The minimum absolute atomic E-state index is 0.00461. The quantitative estimate of drug-likeness (QED) is 0.900. The van der Waals surface area contributed by atoms with Crippen LogP contribution in [0.4, 0.5) is 0 Å². The van der Waals surface area contributed by atoms with E-state index in [1.54, 1.807) is 0 Å².